The molecule has 0 amide bonds. The van der Waals surface area contributed by atoms with Gasteiger partial charge in [-0.2, -0.15) is 0 Å². The number of hydrogen-bond donors (Lipinski definition) is 4. The van der Waals surface area contributed by atoms with Gasteiger partial charge in [0.25, 0.3) is 0 Å². The molecule has 186 valence electrons. The first-order valence-electron chi connectivity index (χ1n) is 13.0. The Morgan fingerprint density at radius 3 is 2.45 bits per heavy atom. The van der Waals surface area contributed by atoms with Crippen molar-refractivity contribution in [2.45, 2.75) is 96.9 Å². The van der Waals surface area contributed by atoms with E-state index in [1.165, 1.54) is 0 Å². The normalized spacial score (nSPS) is 45.2. The molecular weight excluding hydrogens is 416 g/mol. The van der Waals surface area contributed by atoms with Crippen LogP contribution in [0.25, 0.3) is 0 Å². The van der Waals surface area contributed by atoms with Crippen LogP contribution in [0.3, 0.4) is 0 Å². The highest BCUT2D eigenvalue weighted by Gasteiger charge is 2.66. The number of hydrogen-bond acceptors (Lipinski definition) is 5. The highest BCUT2D eigenvalue weighted by atomic mass is 16.3. The number of aliphatic hydroxyl groups excluding tert-OH is 2. The maximum atomic E-state index is 13.2. The summed E-state index contributed by atoms with van der Waals surface area (Å²) in [6.07, 6.45) is 10.8. The molecule has 0 heterocycles. The number of rotatable bonds is 5. The van der Waals surface area contributed by atoms with Crippen molar-refractivity contribution in [3.8, 4) is 0 Å². The molecule has 9 unspecified atom stereocenters. The quantitative estimate of drug-likeness (QED) is 0.468. The second kappa shape index (κ2) is 8.29. The van der Waals surface area contributed by atoms with Crippen LogP contribution in [0.5, 0.6) is 0 Å². The molecule has 5 nitrogen and oxygen atoms in total. The van der Waals surface area contributed by atoms with Crippen molar-refractivity contribution in [1.82, 2.24) is 0 Å². The molecule has 4 N–H and O–H groups in total. The van der Waals surface area contributed by atoms with E-state index in [0.717, 1.165) is 24.8 Å². The maximum Gasteiger partial charge on any atom is 0.159 e. The molecule has 0 aromatic heterocycles. The van der Waals surface area contributed by atoms with E-state index < -0.39 is 22.7 Å². The van der Waals surface area contributed by atoms with Crippen molar-refractivity contribution < 1.29 is 25.2 Å². The third-order valence-electron chi connectivity index (χ3n) is 10.5. The molecule has 0 saturated heterocycles. The monoisotopic (exact) mass is 460 g/mol. The van der Waals surface area contributed by atoms with Gasteiger partial charge in [0.05, 0.1) is 23.9 Å². The third kappa shape index (κ3) is 3.78. The van der Waals surface area contributed by atoms with E-state index in [0.29, 0.717) is 31.6 Å². The lowest BCUT2D eigenvalue weighted by molar-refractivity contribution is -0.166. The van der Waals surface area contributed by atoms with Crippen LogP contribution in [0.2, 0.25) is 0 Å². The smallest absolute Gasteiger partial charge is 0.159 e. The van der Waals surface area contributed by atoms with Gasteiger partial charge in [0.2, 0.25) is 0 Å². The molecule has 3 fully saturated rings. The SMILES string of the molecule is CC(C=CC(CO)C(C)(C)O)C1CCC2C3=CC(=O)C4CC(O)CCC4(C)C3(O)CCC21C. The van der Waals surface area contributed by atoms with Crippen LogP contribution in [-0.4, -0.2) is 50.1 Å². The number of aliphatic hydroxyl groups is 4. The Bertz CT molecular complexity index is 840. The lowest BCUT2D eigenvalue weighted by Gasteiger charge is -2.61. The summed E-state index contributed by atoms with van der Waals surface area (Å²) in [5, 5.41) is 42.4. The predicted molar refractivity (Wildman–Crippen MR) is 128 cm³/mol. The van der Waals surface area contributed by atoms with Gasteiger partial charge in [-0.05, 0) is 93.6 Å². The topological polar surface area (TPSA) is 98.0 Å². The number of allylic oxidation sites excluding steroid dienone is 2. The molecule has 0 aromatic rings. The number of fused-ring (bicyclic) bond motifs is 5. The minimum atomic E-state index is -0.971. The van der Waals surface area contributed by atoms with E-state index >= 15 is 0 Å². The molecule has 0 spiro atoms. The van der Waals surface area contributed by atoms with E-state index in [1.54, 1.807) is 19.9 Å². The molecule has 0 radical (unpaired) electrons. The standard InChI is InChI=1S/C28H44O5/c1-17(6-7-18(16-29)25(2,3)32)20-8-9-21-22-15-24(31)23-14-19(30)10-11-27(23,5)28(22,33)13-12-26(20,21)4/h6-7,15,17-21,23,29-30,32-33H,8-14,16H2,1-5H3. The predicted octanol–water partition coefficient (Wildman–Crippen LogP) is 3.79. The van der Waals surface area contributed by atoms with Crippen LogP contribution < -0.4 is 0 Å². The Kier molecular flexibility index (Phi) is 6.30. The molecule has 0 bridgehead atoms. The second-order valence-corrected chi connectivity index (χ2v) is 12.7. The lowest BCUT2D eigenvalue weighted by Crippen LogP contribution is -2.63. The minimum absolute atomic E-state index is 0.00290. The van der Waals surface area contributed by atoms with Crippen LogP contribution in [-0.2, 0) is 4.79 Å². The van der Waals surface area contributed by atoms with E-state index in [2.05, 4.69) is 26.8 Å². The Balaban J connectivity index is 1.62. The van der Waals surface area contributed by atoms with Gasteiger partial charge in [-0.1, -0.05) is 32.9 Å². The molecular formula is C28H44O5. The second-order valence-electron chi connectivity index (χ2n) is 12.7. The van der Waals surface area contributed by atoms with E-state index in [9.17, 15) is 25.2 Å². The summed E-state index contributed by atoms with van der Waals surface area (Å²) < 4.78 is 0. The van der Waals surface area contributed by atoms with Crippen molar-refractivity contribution >= 4 is 5.78 Å². The molecule has 4 aliphatic carbocycles. The van der Waals surface area contributed by atoms with Crippen molar-refractivity contribution in [3.63, 3.8) is 0 Å². The summed E-state index contributed by atoms with van der Waals surface area (Å²) >= 11 is 0. The van der Waals surface area contributed by atoms with Crippen LogP contribution in [0.4, 0.5) is 0 Å². The van der Waals surface area contributed by atoms with Gasteiger partial charge in [-0.25, -0.2) is 0 Å². The fourth-order valence-corrected chi connectivity index (χ4v) is 8.15. The van der Waals surface area contributed by atoms with E-state index in [1.807, 2.05) is 6.08 Å². The highest BCUT2D eigenvalue weighted by Crippen LogP contribution is 2.67. The van der Waals surface area contributed by atoms with Gasteiger partial charge in [-0.3, -0.25) is 4.79 Å². The highest BCUT2D eigenvalue weighted by molar-refractivity contribution is 5.95. The number of carbonyl (C=O) groups is 1. The van der Waals surface area contributed by atoms with Crippen molar-refractivity contribution in [1.29, 1.82) is 0 Å². The van der Waals surface area contributed by atoms with Gasteiger partial charge in [-0.15, -0.1) is 0 Å². The van der Waals surface area contributed by atoms with Crippen LogP contribution in [0, 0.1) is 40.4 Å². The Hall–Kier alpha value is -1.01. The van der Waals surface area contributed by atoms with Crippen molar-refractivity contribution in [3.05, 3.63) is 23.8 Å². The zero-order valence-corrected chi connectivity index (χ0v) is 21.1. The van der Waals surface area contributed by atoms with Gasteiger partial charge in [0.1, 0.15) is 0 Å². The molecule has 0 aliphatic heterocycles. The molecule has 4 aliphatic rings. The largest absolute Gasteiger partial charge is 0.396 e. The summed E-state index contributed by atoms with van der Waals surface area (Å²) in [7, 11) is 0. The average Bonchev–Trinajstić information content (AvgIpc) is 3.08. The summed E-state index contributed by atoms with van der Waals surface area (Å²) in [4.78, 5) is 13.2. The van der Waals surface area contributed by atoms with Crippen LogP contribution in [0.1, 0.15) is 79.6 Å². The maximum absolute atomic E-state index is 13.2. The van der Waals surface area contributed by atoms with Crippen molar-refractivity contribution in [2.24, 2.45) is 40.4 Å². The Labute approximate surface area is 199 Å². The Morgan fingerprint density at radius 2 is 1.82 bits per heavy atom. The molecule has 5 heteroatoms. The molecule has 33 heavy (non-hydrogen) atoms. The van der Waals surface area contributed by atoms with Gasteiger partial charge >= 0.3 is 0 Å². The average molecular weight is 461 g/mol. The third-order valence-corrected chi connectivity index (χ3v) is 10.5. The first-order valence-corrected chi connectivity index (χ1v) is 13.0. The molecule has 4 rings (SSSR count). The van der Waals surface area contributed by atoms with Crippen LogP contribution in [0.15, 0.2) is 23.8 Å². The Morgan fingerprint density at radius 1 is 1.12 bits per heavy atom. The zero-order valence-electron chi connectivity index (χ0n) is 21.1. The molecule has 9 atom stereocenters. The lowest BCUT2D eigenvalue weighted by atomic mass is 9.45. The summed E-state index contributed by atoms with van der Waals surface area (Å²) in [5.41, 5.74) is -1.48. The number of carbonyl (C=O) groups excluding carboxylic acids is 1. The summed E-state index contributed by atoms with van der Waals surface area (Å²) in [6, 6.07) is 0. The first kappa shape index (κ1) is 25.1. The minimum Gasteiger partial charge on any atom is -0.396 e. The van der Waals surface area contributed by atoms with Crippen molar-refractivity contribution in [2.75, 3.05) is 6.61 Å². The van der Waals surface area contributed by atoms with E-state index in [-0.39, 0.29) is 41.5 Å². The van der Waals surface area contributed by atoms with E-state index in [4.69, 9.17) is 0 Å². The number of ketones is 1. The first-order chi connectivity index (χ1) is 15.3. The summed E-state index contributed by atoms with van der Waals surface area (Å²) in [6.45, 7) is 10.00. The molecule has 0 aromatic carbocycles. The summed E-state index contributed by atoms with van der Waals surface area (Å²) in [5.74, 6) is 0.366. The fourth-order valence-electron chi connectivity index (χ4n) is 8.15. The zero-order chi connectivity index (χ0) is 24.4. The molecule has 3 saturated carbocycles. The van der Waals surface area contributed by atoms with Gasteiger partial charge in [0.15, 0.2) is 5.78 Å². The van der Waals surface area contributed by atoms with Gasteiger partial charge in [0, 0.05) is 17.3 Å². The van der Waals surface area contributed by atoms with Crippen LogP contribution >= 0.6 is 0 Å². The fraction of sp³-hybridized carbons (Fsp3) is 0.821. The van der Waals surface area contributed by atoms with Gasteiger partial charge < -0.3 is 20.4 Å².